The highest BCUT2D eigenvalue weighted by atomic mass is 16.2. The predicted octanol–water partition coefficient (Wildman–Crippen LogP) is -3.35. The average Bonchev–Trinajstić information content (AvgIpc) is 2.07. The molecule has 1 heterocycles. The van der Waals surface area contributed by atoms with E-state index in [0.29, 0.717) is 0 Å². The third-order valence-electron chi connectivity index (χ3n) is 1.55. The second-order valence-electron chi connectivity index (χ2n) is 2.47. The van der Waals surface area contributed by atoms with E-state index in [9.17, 15) is 19.2 Å². The van der Waals surface area contributed by atoms with Crippen LogP contribution in [-0.2, 0) is 19.2 Å². The van der Waals surface area contributed by atoms with Crippen molar-refractivity contribution in [2.75, 3.05) is 0 Å². The number of piperazine rings is 1. The highest BCUT2D eigenvalue weighted by molar-refractivity contribution is 6.13. The molecule has 0 aliphatic carbocycles. The molecule has 1 saturated heterocycles. The molecule has 2 atom stereocenters. The summed E-state index contributed by atoms with van der Waals surface area (Å²) in [6.45, 7) is 0. The number of hydrogen-bond donors (Lipinski definition) is 3. The summed E-state index contributed by atoms with van der Waals surface area (Å²) in [7, 11) is 0. The minimum Gasteiger partial charge on any atom is -0.367 e. The number of nitrogens with one attached hydrogen (secondary N) is 2. The van der Waals surface area contributed by atoms with Gasteiger partial charge in [-0.05, 0) is 0 Å². The Morgan fingerprint density at radius 3 is 2.38 bits per heavy atom. The number of primary amides is 1. The molecular weight excluding hydrogens is 178 g/mol. The van der Waals surface area contributed by atoms with Crippen LogP contribution >= 0.6 is 0 Å². The van der Waals surface area contributed by atoms with Crippen molar-refractivity contribution in [2.45, 2.75) is 12.1 Å². The van der Waals surface area contributed by atoms with Crippen LogP contribution in [0.2, 0.25) is 0 Å². The van der Waals surface area contributed by atoms with Crippen LogP contribution in [0.1, 0.15) is 0 Å². The Hall–Kier alpha value is -1.92. The first kappa shape index (κ1) is 9.17. The normalized spacial score (nSPS) is 27.4. The minimum absolute atomic E-state index is 0.268. The van der Waals surface area contributed by atoms with E-state index in [1.54, 1.807) is 0 Å². The van der Waals surface area contributed by atoms with Gasteiger partial charge in [-0.3, -0.25) is 14.4 Å². The third kappa shape index (κ3) is 1.63. The molecule has 1 fully saturated rings. The summed E-state index contributed by atoms with van der Waals surface area (Å²) in [5.41, 5.74) is 4.80. The molecule has 0 radical (unpaired) electrons. The van der Waals surface area contributed by atoms with Gasteiger partial charge in [0.15, 0.2) is 18.4 Å². The molecule has 1 aliphatic heterocycles. The van der Waals surface area contributed by atoms with Gasteiger partial charge in [0.25, 0.3) is 11.8 Å². The zero-order valence-electron chi connectivity index (χ0n) is 6.44. The highest BCUT2D eigenvalue weighted by Gasteiger charge is 2.36. The lowest BCUT2D eigenvalue weighted by Gasteiger charge is -2.24. The summed E-state index contributed by atoms with van der Waals surface area (Å²) < 4.78 is 0. The van der Waals surface area contributed by atoms with Gasteiger partial charge in [0, 0.05) is 0 Å². The smallest absolute Gasteiger partial charge is 0.253 e. The van der Waals surface area contributed by atoms with E-state index in [2.05, 4.69) is 0 Å². The molecule has 1 rings (SSSR count). The van der Waals surface area contributed by atoms with Crippen LogP contribution in [0.3, 0.4) is 0 Å². The number of hydrogen-bond acceptors (Lipinski definition) is 4. The molecule has 70 valence electrons. The van der Waals surface area contributed by atoms with Gasteiger partial charge in [-0.25, -0.2) is 0 Å². The molecule has 4 N–H and O–H groups in total. The van der Waals surface area contributed by atoms with Crippen LogP contribution in [0.25, 0.3) is 0 Å². The topological polar surface area (TPSA) is 118 Å². The maximum atomic E-state index is 11.0. The van der Waals surface area contributed by atoms with Crippen molar-refractivity contribution >= 4 is 24.0 Å². The van der Waals surface area contributed by atoms with E-state index in [4.69, 9.17) is 5.73 Å². The highest BCUT2D eigenvalue weighted by Crippen LogP contribution is 1.94. The van der Waals surface area contributed by atoms with E-state index < -0.39 is 29.8 Å². The van der Waals surface area contributed by atoms with Gasteiger partial charge in [0.05, 0.1) is 0 Å². The lowest BCUT2D eigenvalue weighted by Crippen LogP contribution is -2.65. The van der Waals surface area contributed by atoms with Gasteiger partial charge >= 0.3 is 0 Å². The fourth-order valence-corrected chi connectivity index (χ4v) is 0.896. The maximum absolute atomic E-state index is 11.0. The van der Waals surface area contributed by atoms with Crippen LogP contribution in [0.4, 0.5) is 0 Å². The number of amides is 3. The molecule has 1 aliphatic rings. The summed E-state index contributed by atoms with van der Waals surface area (Å²) in [6, 6.07) is -2.62. The summed E-state index contributed by atoms with van der Waals surface area (Å²) in [5.74, 6) is -2.47. The molecule has 0 aromatic heterocycles. The molecule has 0 saturated carbocycles. The Labute approximate surface area is 72.6 Å². The molecular formula is C6H7N3O4. The van der Waals surface area contributed by atoms with E-state index in [1.165, 1.54) is 0 Å². The second kappa shape index (κ2) is 3.21. The van der Waals surface area contributed by atoms with Crippen LogP contribution in [0.5, 0.6) is 0 Å². The van der Waals surface area contributed by atoms with E-state index in [-0.39, 0.29) is 6.29 Å². The fraction of sp³-hybridized carbons (Fsp3) is 0.333. The van der Waals surface area contributed by atoms with Crippen LogP contribution < -0.4 is 16.4 Å². The molecule has 0 aromatic rings. The van der Waals surface area contributed by atoms with Gasteiger partial charge < -0.3 is 21.2 Å². The number of rotatable bonds is 2. The summed E-state index contributed by atoms with van der Waals surface area (Å²) in [4.78, 5) is 42.7. The van der Waals surface area contributed by atoms with Gasteiger partial charge in [0.1, 0.15) is 0 Å². The summed E-state index contributed by atoms with van der Waals surface area (Å²) in [6.07, 6.45) is 0.268. The number of carbonyl (C=O) groups excluding carboxylic acids is 4. The Morgan fingerprint density at radius 1 is 1.31 bits per heavy atom. The zero-order chi connectivity index (χ0) is 10.0. The van der Waals surface area contributed by atoms with Gasteiger partial charge in [-0.2, -0.15) is 0 Å². The first-order valence-corrected chi connectivity index (χ1v) is 3.41. The van der Waals surface area contributed by atoms with Crippen LogP contribution in [0.15, 0.2) is 0 Å². The van der Waals surface area contributed by atoms with Gasteiger partial charge in [-0.15, -0.1) is 0 Å². The number of nitrogens with two attached hydrogens (primary N) is 1. The predicted molar refractivity (Wildman–Crippen MR) is 39.1 cm³/mol. The standard InChI is InChI=1S/C6H7N3O4/c7-4(11)3-6(13)8-2(1-10)5(12)9-3/h1-3H,(H2,7,11)(H,8,13)(H,9,12). The molecule has 13 heavy (non-hydrogen) atoms. The SMILES string of the molecule is NC(=O)C1NC(=O)C(C=O)NC1=O. The average molecular weight is 185 g/mol. The van der Waals surface area contributed by atoms with Crippen LogP contribution in [-0.4, -0.2) is 36.1 Å². The molecule has 0 spiro atoms. The van der Waals surface area contributed by atoms with E-state index >= 15 is 0 Å². The van der Waals surface area contributed by atoms with Crippen molar-refractivity contribution in [3.05, 3.63) is 0 Å². The Balaban J connectivity index is 2.78. The number of carbonyl (C=O) groups is 4. The molecule has 3 amide bonds. The Morgan fingerprint density at radius 2 is 1.92 bits per heavy atom. The summed E-state index contributed by atoms with van der Waals surface area (Å²) in [5, 5.41) is 4.04. The van der Waals surface area contributed by atoms with Crippen LogP contribution in [0, 0.1) is 0 Å². The summed E-state index contributed by atoms with van der Waals surface area (Å²) >= 11 is 0. The second-order valence-corrected chi connectivity index (χ2v) is 2.47. The van der Waals surface area contributed by atoms with Crippen molar-refractivity contribution in [2.24, 2.45) is 5.73 Å². The quantitative estimate of drug-likeness (QED) is 0.307. The molecule has 7 heteroatoms. The first-order chi connectivity index (χ1) is 6.06. The molecule has 0 aromatic carbocycles. The van der Waals surface area contributed by atoms with Gasteiger partial charge in [0.2, 0.25) is 5.91 Å². The third-order valence-corrected chi connectivity index (χ3v) is 1.55. The van der Waals surface area contributed by atoms with Gasteiger partial charge in [-0.1, -0.05) is 0 Å². The Bertz CT molecular complexity index is 288. The maximum Gasteiger partial charge on any atom is 0.253 e. The largest absolute Gasteiger partial charge is 0.367 e. The molecule has 2 unspecified atom stereocenters. The first-order valence-electron chi connectivity index (χ1n) is 3.41. The van der Waals surface area contributed by atoms with Crippen molar-refractivity contribution in [3.63, 3.8) is 0 Å². The van der Waals surface area contributed by atoms with Crippen molar-refractivity contribution in [1.82, 2.24) is 10.6 Å². The van der Waals surface area contributed by atoms with Crippen molar-refractivity contribution < 1.29 is 19.2 Å². The minimum atomic E-state index is -1.39. The monoisotopic (exact) mass is 185 g/mol. The molecule has 7 nitrogen and oxygen atoms in total. The lowest BCUT2D eigenvalue weighted by molar-refractivity contribution is -0.142. The Kier molecular flexibility index (Phi) is 2.27. The zero-order valence-corrected chi connectivity index (χ0v) is 6.44. The van der Waals surface area contributed by atoms with E-state index in [1.807, 2.05) is 10.6 Å². The van der Waals surface area contributed by atoms with Crippen molar-refractivity contribution in [1.29, 1.82) is 0 Å². The lowest BCUT2D eigenvalue weighted by atomic mass is 10.1. The fourth-order valence-electron chi connectivity index (χ4n) is 0.896. The van der Waals surface area contributed by atoms with E-state index in [0.717, 1.165) is 0 Å². The molecule has 0 bridgehead atoms. The number of aldehydes is 1. The van der Waals surface area contributed by atoms with Crippen molar-refractivity contribution in [3.8, 4) is 0 Å².